The highest BCUT2D eigenvalue weighted by atomic mass is 16.6. The lowest BCUT2D eigenvalue weighted by atomic mass is 10.1. The van der Waals surface area contributed by atoms with Gasteiger partial charge in [-0.05, 0) is 95.7 Å². The summed E-state index contributed by atoms with van der Waals surface area (Å²) in [4.78, 5) is 52.1. The lowest BCUT2D eigenvalue weighted by Crippen LogP contribution is -2.29. The van der Waals surface area contributed by atoms with E-state index in [1.165, 1.54) is 36.4 Å². The summed E-state index contributed by atoms with van der Waals surface area (Å²) in [6, 6.07) is 13.3. The molecular weight excluding hydrogens is 811 g/mol. The van der Waals surface area contributed by atoms with Gasteiger partial charge in [0, 0.05) is 18.2 Å². The minimum absolute atomic E-state index is 0.0278. The maximum Gasteiger partial charge on any atom is 0.347 e. The fraction of sp³-hybridized carbons (Fsp3) is 0.500. The largest absolute Gasteiger partial charge is 0.507 e. The first kappa shape index (κ1) is 49.5. The molecule has 0 saturated heterocycles. The van der Waals surface area contributed by atoms with Crippen LogP contribution in [-0.2, 0) is 28.6 Å². The highest BCUT2D eigenvalue weighted by Gasteiger charge is 2.26. The topological polar surface area (TPSA) is 206 Å². The van der Waals surface area contributed by atoms with Gasteiger partial charge in [-0.2, -0.15) is 0 Å². The first-order valence-electron chi connectivity index (χ1n) is 22.2. The molecule has 1 aromatic heterocycles. The molecule has 0 aliphatic heterocycles. The monoisotopic (exact) mass is 873 g/mol. The van der Waals surface area contributed by atoms with Gasteiger partial charge in [-0.1, -0.05) is 59.3 Å². The summed E-state index contributed by atoms with van der Waals surface area (Å²) in [6.07, 6.45) is 6.48. The Hall–Kier alpha value is -6.12. The zero-order valence-corrected chi connectivity index (χ0v) is 37.4. The highest BCUT2D eigenvalue weighted by molar-refractivity contribution is 5.78. The molecule has 1 heterocycles. The van der Waals surface area contributed by atoms with E-state index in [2.05, 4.69) is 35.7 Å². The van der Waals surface area contributed by atoms with E-state index in [1.807, 2.05) is 0 Å². The number of aromatic nitrogens is 3. The molecule has 4 aromatic rings. The van der Waals surface area contributed by atoms with Crippen molar-refractivity contribution in [3.05, 3.63) is 54.6 Å². The van der Waals surface area contributed by atoms with Crippen molar-refractivity contribution in [2.45, 2.75) is 137 Å². The summed E-state index contributed by atoms with van der Waals surface area (Å²) < 4.78 is 33.8. The number of hydrogen-bond acceptors (Lipinski definition) is 15. The lowest BCUT2D eigenvalue weighted by molar-refractivity contribution is -0.152. The van der Waals surface area contributed by atoms with Gasteiger partial charge in [0.15, 0.2) is 35.8 Å². The van der Waals surface area contributed by atoms with Crippen LogP contribution >= 0.6 is 0 Å². The molecule has 0 bridgehead atoms. The quantitative estimate of drug-likeness (QED) is 0.0290. The van der Waals surface area contributed by atoms with E-state index in [0.29, 0.717) is 19.3 Å². The van der Waals surface area contributed by atoms with Crippen LogP contribution in [0.25, 0.3) is 34.2 Å². The third-order valence-corrected chi connectivity index (χ3v) is 9.96. The van der Waals surface area contributed by atoms with Crippen molar-refractivity contribution >= 4 is 17.9 Å². The number of phenols is 3. The molecule has 3 unspecified atom stereocenters. The molecule has 63 heavy (non-hydrogen) atoms. The van der Waals surface area contributed by atoms with Crippen LogP contribution in [0.15, 0.2) is 54.6 Å². The number of rotatable bonds is 27. The molecule has 15 heteroatoms. The zero-order chi connectivity index (χ0) is 45.7. The smallest absolute Gasteiger partial charge is 0.347 e. The van der Waals surface area contributed by atoms with Gasteiger partial charge in [0.05, 0.1) is 36.5 Å². The molecule has 0 saturated carbocycles. The van der Waals surface area contributed by atoms with Gasteiger partial charge in [-0.25, -0.2) is 29.3 Å². The molecule has 0 amide bonds. The average Bonchev–Trinajstić information content (AvgIpc) is 3.25. The molecule has 0 radical (unpaired) electrons. The number of aromatic hydroxyl groups is 3. The van der Waals surface area contributed by atoms with Crippen molar-refractivity contribution in [3.8, 4) is 68.7 Å². The highest BCUT2D eigenvalue weighted by Crippen LogP contribution is 2.38. The Morgan fingerprint density at radius 1 is 0.444 bits per heavy atom. The van der Waals surface area contributed by atoms with Crippen molar-refractivity contribution in [3.63, 3.8) is 0 Å². The van der Waals surface area contributed by atoms with Crippen LogP contribution in [0.1, 0.15) is 119 Å². The third kappa shape index (κ3) is 14.7. The third-order valence-electron chi connectivity index (χ3n) is 9.96. The summed E-state index contributed by atoms with van der Waals surface area (Å²) in [5, 5.41) is 34.2. The second-order valence-electron chi connectivity index (χ2n) is 14.9. The molecule has 3 atom stereocenters. The summed E-state index contributed by atoms with van der Waals surface area (Å²) in [5.74, 6) is -1.79. The summed E-state index contributed by atoms with van der Waals surface area (Å²) in [5.41, 5.74) is 0.454. The molecule has 3 aromatic carbocycles. The minimum Gasteiger partial charge on any atom is -0.507 e. The number of nitrogens with zero attached hydrogens (tertiary/aromatic N) is 3. The average molecular weight is 874 g/mol. The summed E-state index contributed by atoms with van der Waals surface area (Å²) in [7, 11) is 0. The molecule has 0 aliphatic rings. The Morgan fingerprint density at radius 3 is 0.937 bits per heavy atom. The standard InChI is InChI=1S/C48H63N3O12/c1-7-13-16-19-40(46(55)58-10-4)61-31-22-25-34(37(52)28-31)43-49-44(35-26-23-32(29-38(35)53)62-41(20-17-14-8-2)47(56)59-11-5)51-45(50-43)36-27-24-33(30-39(36)54)63-42(21-18-15-9-3)48(57)60-12-6/h22-30,40-42,52-54H,7-21H2,1-6H3. The minimum atomic E-state index is -0.880. The molecule has 342 valence electrons. The molecule has 0 fully saturated rings. The summed E-state index contributed by atoms with van der Waals surface area (Å²) >= 11 is 0. The summed E-state index contributed by atoms with van der Waals surface area (Å²) in [6.45, 7) is 11.9. The SMILES string of the molecule is CCCCCC(Oc1ccc(-c2nc(-c3ccc(OC(CCCCC)C(=O)OCC)cc3O)nc(-c3ccc(OC(CCCCC)C(=O)OCC)cc3O)n2)c(O)c1)C(=O)OCC. The Labute approximate surface area is 370 Å². The van der Waals surface area contributed by atoms with Crippen LogP contribution < -0.4 is 14.2 Å². The van der Waals surface area contributed by atoms with Crippen LogP contribution in [0.3, 0.4) is 0 Å². The predicted molar refractivity (Wildman–Crippen MR) is 237 cm³/mol. The van der Waals surface area contributed by atoms with Crippen molar-refractivity contribution < 1.29 is 58.1 Å². The molecule has 3 N–H and O–H groups in total. The van der Waals surface area contributed by atoms with E-state index >= 15 is 0 Å². The van der Waals surface area contributed by atoms with Crippen molar-refractivity contribution in [1.82, 2.24) is 15.0 Å². The Balaban J connectivity index is 1.77. The number of carbonyl (C=O) groups excluding carboxylic acids is 3. The predicted octanol–water partition coefficient (Wildman–Crippen LogP) is 9.66. The number of hydrogen-bond donors (Lipinski definition) is 3. The van der Waals surface area contributed by atoms with Gasteiger partial charge in [0.25, 0.3) is 0 Å². The van der Waals surface area contributed by atoms with Crippen molar-refractivity contribution in [2.24, 2.45) is 0 Å². The second kappa shape index (κ2) is 25.7. The molecule has 4 rings (SSSR count). The number of phenolic OH excluding ortho intramolecular Hbond substituents is 3. The van der Waals surface area contributed by atoms with E-state index in [4.69, 9.17) is 28.4 Å². The molecule has 0 aliphatic carbocycles. The number of ether oxygens (including phenoxy) is 6. The van der Waals surface area contributed by atoms with E-state index < -0.39 is 36.2 Å². The van der Waals surface area contributed by atoms with Crippen LogP contribution in [-0.4, -0.2) is 86.3 Å². The Morgan fingerprint density at radius 2 is 0.714 bits per heavy atom. The molecule has 15 nitrogen and oxygen atoms in total. The van der Waals surface area contributed by atoms with Crippen molar-refractivity contribution in [1.29, 1.82) is 0 Å². The van der Waals surface area contributed by atoms with Gasteiger partial charge < -0.3 is 43.7 Å². The lowest BCUT2D eigenvalue weighted by Gasteiger charge is -2.19. The first-order chi connectivity index (χ1) is 30.5. The van der Waals surface area contributed by atoms with E-state index in [1.54, 1.807) is 39.0 Å². The Kier molecular flexibility index (Phi) is 20.2. The van der Waals surface area contributed by atoms with Crippen LogP contribution in [0.4, 0.5) is 0 Å². The van der Waals surface area contributed by atoms with Gasteiger partial charge >= 0.3 is 17.9 Å². The Bertz CT molecular complexity index is 1850. The maximum absolute atomic E-state index is 12.7. The van der Waals surface area contributed by atoms with Crippen LogP contribution in [0.2, 0.25) is 0 Å². The molecular formula is C48H63N3O12. The second-order valence-corrected chi connectivity index (χ2v) is 14.9. The van der Waals surface area contributed by atoms with E-state index in [-0.39, 0.29) is 88.5 Å². The van der Waals surface area contributed by atoms with Crippen LogP contribution in [0.5, 0.6) is 34.5 Å². The van der Waals surface area contributed by atoms with E-state index in [0.717, 1.165) is 57.8 Å². The van der Waals surface area contributed by atoms with Gasteiger partial charge in [-0.3, -0.25) is 0 Å². The van der Waals surface area contributed by atoms with Gasteiger partial charge in [0.2, 0.25) is 0 Å². The normalized spacial score (nSPS) is 12.5. The van der Waals surface area contributed by atoms with Crippen LogP contribution in [0, 0.1) is 0 Å². The maximum atomic E-state index is 12.7. The fourth-order valence-electron chi connectivity index (χ4n) is 6.67. The number of carbonyl (C=O) groups is 3. The molecule has 0 spiro atoms. The number of unbranched alkanes of at least 4 members (excludes halogenated alkanes) is 6. The zero-order valence-electron chi connectivity index (χ0n) is 37.4. The van der Waals surface area contributed by atoms with Gasteiger partial charge in [-0.15, -0.1) is 0 Å². The number of benzene rings is 3. The fourth-order valence-corrected chi connectivity index (χ4v) is 6.67. The number of esters is 3. The van der Waals surface area contributed by atoms with Gasteiger partial charge in [0.1, 0.15) is 34.5 Å². The first-order valence-corrected chi connectivity index (χ1v) is 22.2. The van der Waals surface area contributed by atoms with Crippen molar-refractivity contribution in [2.75, 3.05) is 19.8 Å². The van der Waals surface area contributed by atoms with E-state index in [9.17, 15) is 29.7 Å².